The number of halogens is 1. The predicted molar refractivity (Wildman–Crippen MR) is 80.3 cm³/mol. The molecule has 2 aliphatic heterocycles. The SMILES string of the molecule is Cc1noc(C2CC(=O)N3CCC(c4ccc(F)cc4)C3C2)n1. The molecule has 4 rings (SSSR count). The zero-order chi connectivity index (χ0) is 16.0. The molecule has 0 bridgehead atoms. The smallest absolute Gasteiger partial charge is 0.230 e. The van der Waals surface area contributed by atoms with Crippen molar-refractivity contribution in [1.29, 1.82) is 0 Å². The lowest BCUT2D eigenvalue weighted by Gasteiger charge is -2.35. The molecule has 2 fully saturated rings. The van der Waals surface area contributed by atoms with Gasteiger partial charge in [-0.1, -0.05) is 17.3 Å². The van der Waals surface area contributed by atoms with Gasteiger partial charge in [0.1, 0.15) is 5.82 Å². The second-order valence-corrected chi connectivity index (χ2v) is 6.42. The van der Waals surface area contributed by atoms with Gasteiger partial charge in [0.05, 0.1) is 0 Å². The minimum absolute atomic E-state index is 0.0222. The summed E-state index contributed by atoms with van der Waals surface area (Å²) in [6.45, 7) is 2.54. The molecule has 6 heteroatoms. The number of carbonyl (C=O) groups excluding carboxylic acids is 1. The van der Waals surface area contributed by atoms with Crippen LogP contribution in [0, 0.1) is 12.7 Å². The number of nitrogens with zero attached hydrogens (tertiary/aromatic N) is 3. The van der Waals surface area contributed by atoms with Crippen LogP contribution in [0.2, 0.25) is 0 Å². The zero-order valence-corrected chi connectivity index (χ0v) is 12.9. The first-order valence-corrected chi connectivity index (χ1v) is 7.97. The molecule has 0 radical (unpaired) electrons. The molecule has 23 heavy (non-hydrogen) atoms. The fourth-order valence-electron chi connectivity index (χ4n) is 3.92. The Morgan fingerprint density at radius 1 is 1.30 bits per heavy atom. The third-order valence-corrected chi connectivity index (χ3v) is 5.00. The van der Waals surface area contributed by atoms with Gasteiger partial charge >= 0.3 is 0 Å². The van der Waals surface area contributed by atoms with Gasteiger partial charge in [0.15, 0.2) is 5.82 Å². The summed E-state index contributed by atoms with van der Waals surface area (Å²) in [7, 11) is 0. The van der Waals surface area contributed by atoms with E-state index in [9.17, 15) is 9.18 Å². The van der Waals surface area contributed by atoms with Gasteiger partial charge in [0, 0.05) is 30.8 Å². The molecule has 3 heterocycles. The number of aryl methyl sites for hydroxylation is 1. The van der Waals surface area contributed by atoms with Crippen LogP contribution in [0.25, 0.3) is 0 Å². The molecular formula is C17H18FN3O2. The fourth-order valence-corrected chi connectivity index (χ4v) is 3.92. The van der Waals surface area contributed by atoms with E-state index in [4.69, 9.17) is 4.52 Å². The van der Waals surface area contributed by atoms with E-state index in [1.54, 1.807) is 6.92 Å². The number of rotatable bonds is 2. The van der Waals surface area contributed by atoms with Crippen molar-refractivity contribution in [2.45, 2.75) is 44.1 Å². The molecule has 2 aliphatic rings. The minimum Gasteiger partial charge on any atom is -0.339 e. The largest absolute Gasteiger partial charge is 0.339 e. The van der Waals surface area contributed by atoms with Crippen LogP contribution in [-0.2, 0) is 4.79 Å². The molecular weight excluding hydrogens is 297 g/mol. The summed E-state index contributed by atoms with van der Waals surface area (Å²) in [5.74, 6) is 1.28. The van der Waals surface area contributed by atoms with Crippen molar-refractivity contribution in [2.75, 3.05) is 6.54 Å². The molecule has 1 amide bonds. The lowest BCUT2D eigenvalue weighted by molar-refractivity contribution is -0.135. The van der Waals surface area contributed by atoms with Gasteiger partial charge in [0.25, 0.3) is 0 Å². The Labute approximate surface area is 133 Å². The van der Waals surface area contributed by atoms with Crippen LogP contribution in [0.1, 0.15) is 48.4 Å². The molecule has 2 saturated heterocycles. The molecule has 1 aromatic carbocycles. The quantitative estimate of drug-likeness (QED) is 0.855. The van der Waals surface area contributed by atoms with Crippen molar-refractivity contribution in [3.63, 3.8) is 0 Å². The van der Waals surface area contributed by atoms with Gasteiger partial charge in [-0.3, -0.25) is 4.79 Å². The Morgan fingerprint density at radius 2 is 2.09 bits per heavy atom. The second-order valence-electron chi connectivity index (χ2n) is 6.42. The van der Waals surface area contributed by atoms with E-state index >= 15 is 0 Å². The average molecular weight is 315 g/mol. The van der Waals surface area contributed by atoms with E-state index in [0.29, 0.717) is 18.1 Å². The molecule has 120 valence electrons. The van der Waals surface area contributed by atoms with Crippen LogP contribution >= 0.6 is 0 Å². The number of hydrogen-bond acceptors (Lipinski definition) is 4. The predicted octanol–water partition coefficient (Wildman–Crippen LogP) is 2.78. The standard InChI is InChI=1S/C17H18FN3O2/c1-10-19-17(23-20-10)12-8-15-14(6-7-21(15)16(22)9-12)11-2-4-13(18)5-3-11/h2-5,12,14-15H,6-9H2,1H3. The number of amides is 1. The Bertz CT molecular complexity index is 728. The fraction of sp³-hybridized carbons (Fsp3) is 0.471. The second kappa shape index (κ2) is 5.44. The van der Waals surface area contributed by atoms with E-state index < -0.39 is 0 Å². The van der Waals surface area contributed by atoms with Gasteiger partial charge in [-0.15, -0.1) is 0 Å². The third kappa shape index (κ3) is 2.52. The number of hydrogen-bond donors (Lipinski definition) is 0. The Balaban J connectivity index is 1.61. The number of benzene rings is 1. The highest BCUT2D eigenvalue weighted by Crippen LogP contribution is 2.43. The van der Waals surface area contributed by atoms with Gasteiger partial charge in [-0.2, -0.15) is 4.98 Å². The van der Waals surface area contributed by atoms with E-state index in [-0.39, 0.29) is 29.6 Å². The average Bonchev–Trinajstić information content (AvgIpc) is 3.15. The van der Waals surface area contributed by atoms with Crippen LogP contribution in [0.4, 0.5) is 4.39 Å². The van der Waals surface area contributed by atoms with Crippen LogP contribution < -0.4 is 0 Å². The topological polar surface area (TPSA) is 59.2 Å². The van der Waals surface area contributed by atoms with E-state index in [2.05, 4.69) is 10.1 Å². The molecule has 0 aliphatic carbocycles. The lowest BCUT2D eigenvalue weighted by Crippen LogP contribution is -2.43. The van der Waals surface area contributed by atoms with Crippen LogP contribution in [0.15, 0.2) is 28.8 Å². The maximum atomic E-state index is 13.2. The van der Waals surface area contributed by atoms with Crippen molar-refractivity contribution in [2.24, 2.45) is 0 Å². The molecule has 2 aromatic rings. The number of carbonyl (C=O) groups is 1. The summed E-state index contributed by atoms with van der Waals surface area (Å²) < 4.78 is 18.4. The maximum absolute atomic E-state index is 13.2. The maximum Gasteiger partial charge on any atom is 0.230 e. The summed E-state index contributed by atoms with van der Waals surface area (Å²) in [6, 6.07) is 6.75. The highest BCUT2D eigenvalue weighted by molar-refractivity contribution is 5.79. The highest BCUT2D eigenvalue weighted by Gasteiger charge is 2.44. The first-order valence-electron chi connectivity index (χ1n) is 7.97. The highest BCUT2D eigenvalue weighted by atomic mass is 19.1. The normalized spacial score (nSPS) is 27.3. The minimum atomic E-state index is -0.234. The summed E-state index contributed by atoms with van der Waals surface area (Å²) >= 11 is 0. The molecule has 3 unspecified atom stereocenters. The lowest BCUT2D eigenvalue weighted by atomic mass is 9.82. The van der Waals surface area contributed by atoms with Crippen molar-refractivity contribution < 1.29 is 13.7 Å². The van der Waals surface area contributed by atoms with Gasteiger partial charge in [-0.25, -0.2) is 4.39 Å². The molecule has 3 atom stereocenters. The summed E-state index contributed by atoms with van der Waals surface area (Å²) in [6.07, 6.45) is 2.15. The monoisotopic (exact) mass is 315 g/mol. The Morgan fingerprint density at radius 3 is 2.78 bits per heavy atom. The molecule has 0 N–H and O–H groups in total. The Kier molecular flexibility index (Phi) is 3.39. The first-order chi connectivity index (χ1) is 11.1. The van der Waals surface area contributed by atoms with Crippen LogP contribution in [0.5, 0.6) is 0 Å². The zero-order valence-electron chi connectivity index (χ0n) is 12.9. The third-order valence-electron chi connectivity index (χ3n) is 5.00. The van der Waals surface area contributed by atoms with Gasteiger partial charge in [-0.05, 0) is 37.5 Å². The number of fused-ring (bicyclic) bond motifs is 1. The Hall–Kier alpha value is -2.24. The van der Waals surface area contributed by atoms with Crippen molar-refractivity contribution in [1.82, 2.24) is 15.0 Å². The van der Waals surface area contributed by atoms with Gasteiger partial charge < -0.3 is 9.42 Å². The summed E-state index contributed by atoms with van der Waals surface area (Å²) in [5.41, 5.74) is 1.09. The van der Waals surface area contributed by atoms with E-state index in [1.807, 2.05) is 17.0 Å². The van der Waals surface area contributed by atoms with Crippen LogP contribution in [-0.4, -0.2) is 33.5 Å². The summed E-state index contributed by atoms with van der Waals surface area (Å²) in [4.78, 5) is 18.7. The van der Waals surface area contributed by atoms with E-state index in [1.165, 1.54) is 12.1 Å². The first kappa shape index (κ1) is 14.4. The number of aromatic nitrogens is 2. The molecule has 1 aromatic heterocycles. The van der Waals surface area contributed by atoms with Crippen molar-refractivity contribution in [3.8, 4) is 0 Å². The van der Waals surface area contributed by atoms with Gasteiger partial charge in [0.2, 0.25) is 11.8 Å². The number of piperidine rings is 1. The van der Waals surface area contributed by atoms with Crippen molar-refractivity contribution in [3.05, 3.63) is 47.4 Å². The summed E-state index contributed by atoms with van der Waals surface area (Å²) in [5, 5.41) is 3.84. The molecule has 0 saturated carbocycles. The van der Waals surface area contributed by atoms with Crippen LogP contribution in [0.3, 0.4) is 0 Å². The van der Waals surface area contributed by atoms with Crippen molar-refractivity contribution >= 4 is 5.91 Å². The van der Waals surface area contributed by atoms with E-state index in [0.717, 1.165) is 24.9 Å². The molecule has 5 nitrogen and oxygen atoms in total. The molecule has 0 spiro atoms.